The van der Waals surface area contributed by atoms with Crippen molar-refractivity contribution in [2.24, 2.45) is 5.73 Å². The quantitative estimate of drug-likeness (QED) is 0.697. The number of likely N-dealkylation sites (N-methyl/N-ethyl adjacent to an activating group) is 1. The van der Waals surface area contributed by atoms with Gasteiger partial charge in [0, 0.05) is 12.6 Å². The number of aldehydes is 1. The van der Waals surface area contributed by atoms with Crippen LogP contribution in [-0.2, 0) is 16.0 Å². The molecule has 0 saturated heterocycles. The minimum absolute atomic E-state index is 0.349. The molecule has 0 bridgehead atoms. The Hall–Kier alpha value is -2.32. The van der Waals surface area contributed by atoms with Gasteiger partial charge in [-0.2, -0.15) is 0 Å². The summed E-state index contributed by atoms with van der Waals surface area (Å²) >= 11 is 0. The van der Waals surface area contributed by atoms with Gasteiger partial charge >= 0.3 is 6.09 Å². The lowest BCUT2D eigenvalue weighted by Gasteiger charge is -2.19. The fourth-order valence-corrected chi connectivity index (χ4v) is 2.07. The van der Waals surface area contributed by atoms with Crippen LogP contribution in [0.3, 0.4) is 0 Å². The summed E-state index contributed by atoms with van der Waals surface area (Å²) in [6.07, 6.45) is 1.59. The van der Waals surface area contributed by atoms with Crippen molar-refractivity contribution in [3.63, 3.8) is 0 Å². The lowest BCUT2D eigenvalue weighted by molar-refractivity contribution is -0.109. The fraction of sp³-hybridized carbons (Fsp3) is 0.556. The first-order valence-corrected chi connectivity index (χ1v) is 8.45. The van der Waals surface area contributed by atoms with Gasteiger partial charge in [0.1, 0.15) is 6.29 Å². The van der Waals surface area contributed by atoms with Gasteiger partial charge in [-0.05, 0) is 51.6 Å². The average molecular weight is 367 g/mol. The molecule has 1 aliphatic rings. The Balaban J connectivity index is 0.000000276. The van der Waals surface area contributed by atoms with Crippen LogP contribution >= 0.6 is 0 Å². The molecule has 2 atom stereocenters. The molecule has 0 radical (unpaired) electrons. The predicted octanol–water partition coefficient (Wildman–Crippen LogP) is 1.17. The molecule has 0 spiro atoms. The number of benzene rings is 1. The summed E-state index contributed by atoms with van der Waals surface area (Å²) in [5, 5.41) is 2.40. The number of nitrogens with two attached hydrogens (primary N) is 1. The molecule has 1 aromatic carbocycles. The number of amides is 1. The predicted molar refractivity (Wildman–Crippen MR) is 98.5 cm³/mol. The molecule has 26 heavy (non-hydrogen) atoms. The van der Waals surface area contributed by atoms with Crippen LogP contribution < -0.4 is 20.5 Å². The van der Waals surface area contributed by atoms with Gasteiger partial charge in [-0.1, -0.05) is 6.07 Å². The van der Waals surface area contributed by atoms with Crippen LogP contribution in [0.2, 0.25) is 0 Å². The van der Waals surface area contributed by atoms with Gasteiger partial charge in [0.2, 0.25) is 6.79 Å². The molecule has 1 aromatic rings. The number of hydrogen-bond acceptors (Lipinski definition) is 7. The average Bonchev–Trinajstić information content (AvgIpc) is 3.09. The van der Waals surface area contributed by atoms with E-state index in [4.69, 9.17) is 15.2 Å². The molecule has 0 aromatic heterocycles. The number of ether oxygens (including phenoxy) is 3. The zero-order chi connectivity index (χ0) is 19.5. The van der Waals surface area contributed by atoms with E-state index in [1.54, 1.807) is 0 Å². The van der Waals surface area contributed by atoms with Crippen molar-refractivity contribution in [1.29, 1.82) is 0 Å². The lowest BCUT2D eigenvalue weighted by Crippen LogP contribution is -2.30. The van der Waals surface area contributed by atoms with E-state index in [1.807, 2.05) is 6.07 Å². The molecule has 0 fully saturated rings. The van der Waals surface area contributed by atoms with Crippen LogP contribution in [0, 0.1) is 0 Å². The van der Waals surface area contributed by atoms with Crippen LogP contribution in [0.1, 0.15) is 18.9 Å². The van der Waals surface area contributed by atoms with E-state index in [1.165, 1.54) is 12.7 Å². The molecule has 1 heterocycles. The molecule has 8 heteroatoms. The van der Waals surface area contributed by atoms with Crippen LogP contribution in [0.5, 0.6) is 11.5 Å². The molecule has 0 saturated carbocycles. The lowest BCUT2D eigenvalue weighted by atomic mass is 10.1. The highest BCUT2D eigenvalue weighted by Crippen LogP contribution is 2.32. The maximum atomic E-state index is 10.4. The summed E-state index contributed by atoms with van der Waals surface area (Å²) in [5.41, 5.74) is 6.53. The monoisotopic (exact) mass is 367 g/mol. The maximum Gasteiger partial charge on any atom is 0.406 e. The highest BCUT2D eigenvalue weighted by atomic mass is 16.7. The second kappa shape index (κ2) is 11.3. The van der Waals surface area contributed by atoms with E-state index < -0.39 is 12.1 Å². The number of methoxy groups -OCH3 is 1. The highest BCUT2D eigenvalue weighted by molar-refractivity contribution is 5.67. The second-order valence-corrected chi connectivity index (χ2v) is 6.21. The number of rotatable bonds is 7. The number of carbonyl (C=O) groups is 2. The van der Waals surface area contributed by atoms with E-state index in [2.05, 4.69) is 48.1 Å². The standard InChI is InChI=1S/C12H17NO2.C6H12N2O3/c1-9(13(2)3)6-10-4-5-11-12(7-10)15-8-14-11;1-11-6(10)8-3-2-5(7)4-9/h4-5,7,9H,6,8H2,1-3H3;4-5H,2-3,7H2,1H3,(H,8,10). The highest BCUT2D eigenvalue weighted by Gasteiger charge is 2.14. The Morgan fingerprint density at radius 2 is 2.08 bits per heavy atom. The third-order valence-electron chi connectivity index (χ3n) is 3.96. The van der Waals surface area contributed by atoms with Crippen molar-refractivity contribution in [2.45, 2.75) is 31.8 Å². The Kier molecular flexibility index (Phi) is 9.46. The Labute approximate surface area is 154 Å². The van der Waals surface area contributed by atoms with Crippen molar-refractivity contribution in [1.82, 2.24) is 10.2 Å². The molecule has 1 aliphatic heterocycles. The van der Waals surface area contributed by atoms with Gasteiger partial charge in [0.15, 0.2) is 11.5 Å². The van der Waals surface area contributed by atoms with E-state index in [9.17, 15) is 9.59 Å². The summed E-state index contributed by atoms with van der Waals surface area (Å²) in [6, 6.07) is 6.19. The first kappa shape index (κ1) is 21.7. The topological polar surface area (TPSA) is 103 Å². The molecular formula is C18H29N3O5. The Morgan fingerprint density at radius 3 is 2.69 bits per heavy atom. The van der Waals surface area contributed by atoms with E-state index in [0.29, 0.717) is 32.1 Å². The number of nitrogens with one attached hydrogen (secondary N) is 1. The van der Waals surface area contributed by atoms with Gasteiger partial charge in [-0.15, -0.1) is 0 Å². The van der Waals surface area contributed by atoms with Crippen molar-refractivity contribution in [2.75, 3.05) is 34.5 Å². The van der Waals surface area contributed by atoms with Crippen LogP contribution in [0.25, 0.3) is 0 Å². The molecule has 146 valence electrons. The molecule has 2 unspecified atom stereocenters. The van der Waals surface area contributed by atoms with Crippen LogP contribution in [0.15, 0.2) is 18.2 Å². The molecule has 1 amide bonds. The van der Waals surface area contributed by atoms with Crippen molar-refractivity contribution in [3.05, 3.63) is 23.8 Å². The normalized spacial score (nSPS) is 14.1. The number of fused-ring (bicyclic) bond motifs is 1. The maximum absolute atomic E-state index is 10.4. The molecular weight excluding hydrogens is 338 g/mol. The number of carbonyl (C=O) groups excluding carboxylic acids is 2. The fourth-order valence-electron chi connectivity index (χ4n) is 2.07. The smallest absolute Gasteiger partial charge is 0.406 e. The Morgan fingerprint density at radius 1 is 1.38 bits per heavy atom. The van der Waals surface area contributed by atoms with Gasteiger partial charge < -0.3 is 35.0 Å². The minimum atomic E-state index is -0.511. The van der Waals surface area contributed by atoms with E-state index >= 15 is 0 Å². The first-order chi connectivity index (χ1) is 12.4. The summed E-state index contributed by atoms with van der Waals surface area (Å²) in [7, 11) is 5.46. The molecule has 2 rings (SSSR count). The Bertz CT molecular complexity index is 580. The summed E-state index contributed by atoms with van der Waals surface area (Å²) < 4.78 is 14.9. The zero-order valence-corrected chi connectivity index (χ0v) is 15.9. The van der Waals surface area contributed by atoms with Gasteiger partial charge in [-0.25, -0.2) is 4.79 Å². The van der Waals surface area contributed by atoms with Crippen LogP contribution in [0.4, 0.5) is 4.79 Å². The van der Waals surface area contributed by atoms with E-state index in [-0.39, 0.29) is 0 Å². The zero-order valence-electron chi connectivity index (χ0n) is 15.9. The summed E-state index contributed by atoms with van der Waals surface area (Å²) in [6.45, 7) is 2.92. The van der Waals surface area contributed by atoms with Gasteiger partial charge in [-0.3, -0.25) is 0 Å². The number of hydrogen-bond donors (Lipinski definition) is 2. The minimum Gasteiger partial charge on any atom is -0.454 e. The summed E-state index contributed by atoms with van der Waals surface area (Å²) in [4.78, 5) is 22.6. The van der Waals surface area contributed by atoms with Gasteiger partial charge in [0.05, 0.1) is 13.2 Å². The first-order valence-electron chi connectivity index (χ1n) is 8.45. The third-order valence-corrected chi connectivity index (χ3v) is 3.96. The van der Waals surface area contributed by atoms with Gasteiger partial charge in [0.25, 0.3) is 0 Å². The largest absolute Gasteiger partial charge is 0.454 e. The van der Waals surface area contributed by atoms with Crippen molar-refractivity contribution >= 4 is 12.4 Å². The van der Waals surface area contributed by atoms with E-state index in [0.717, 1.165) is 17.9 Å². The SMILES string of the molecule is CC(Cc1ccc2c(c1)OCO2)N(C)C.COC(=O)NCCC(N)C=O. The molecule has 3 N–H and O–H groups in total. The molecule has 0 aliphatic carbocycles. The second-order valence-electron chi connectivity index (χ2n) is 6.21. The molecule has 8 nitrogen and oxygen atoms in total. The number of nitrogens with zero attached hydrogens (tertiary/aromatic N) is 1. The van der Waals surface area contributed by atoms with Crippen LogP contribution in [-0.4, -0.2) is 63.9 Å². The van der Waals surface area contributed by atoms with Crippen molar-refractivity contribution < 1.29 is 23.8 Å². The third kappa shape index (κ3) is 7.71. The summed E-state index contributed by atoms with van der Waals surface area (Å²) in [5.74, 6) is 1.73. The number of alkyl carbamates (subject to hydrolysis) is 1. The van der Waals surface area contributed by atoms with Crippen molar-refractivity contribution in [3.8, 4) is 11.5 Å².